The van der Waals surface area contributed by atoms with Crippen LogP contribution in [0.25, 0.3) is 0 Å². The van der Waals surface area contributed by atoms with Crippen molar-refractivity contribution in [2.45, 2.75) is 19.4 Å². The number of benzene rings is 1. The molecule has 2 aromatic rings. The van der Waals surface area contributed by atoms with Gasteiger partial charge in [0.15, 0.2) is 0 Å². The maximum atomic E-state index is 12.9. The molecule has 1 heterocycles. The summed E-state index contributed by atoms with van der Waals surface area (Å²) in [6.07, 6.45) is 1.09. The summed E-state index contributed by atoms with van der Waals surface area (Å²) in [6, 6.07) is 9.92. The first-order chi connectivity index (χ1) is 9.04. The smallest absolute Gasteiger partial charge is 0.141 e. The lowest BCUT2D eigenvalue weighted by Gasteiger charge is -2.23. The Morgan fingerprint density at radius 3 is 2.74 bits per heavy atom. The molecule has 0 amide bonds. The van der Waals surface area contributed by atoms with Crippen LogP contribution in [0.1, 0.15) is 25.1 Å². The van der Waals surface area contributed by atoms with Crippen LogP contribution < -0.4 is 4.74 Å². The minimum Gasteiger partial charge on any atom is -0.494 e. The van der Waals surface area contributed by atoms with Crippen molar-refractivity contribution in [1.82, 2.24) is 4.98 Å². The van der Waals surface area contributed by atoms with Gasteiger partial charge < -0.3 is 9.84 Å². The number of aliphatic hydroxyl groups is 1. The van der Waals surface area contributed by atoms with Crippen molar-refractivity contribution in [3.63, 3.8) is 0 Å². The van der Waals surface area contributed by atoms with Crippen molar-refractivity contribution in [3.8, 4) is 5.75 Å². The molecule has 2 rings (SSSR count). The fraction of sp³-hybridized carbons (Fsp3) is 0.267. The number of pyridine rings is 1. The summed E-state index contributed by atoms with van der Waals surface area (Å²) in [4.78, 5) is 3.94. The Morgan fingerprint density at radius 2 is 2.11 bits per heavy atom. The average Bonchev–Trinajstić information content (AvgIpc) is 2.40. The van der Waals surface area contributed by atoms with E-state index in [9.17, 15) is 9.50 Å². The van der Waals surface area contributed by atoms with Gasteiger partial charge in [0, 0.05) is 0 Å². The molecule has 0 saturated heterocycles. The molecule has 100 valence electrons. The third-order valence-corrected chi connectivity index (χ3v) is 2.93. The van der Waals surface area contributed by atoms with E-state index >= 15 is 0 Å². The number of aromatic nitrogens is 1. The van der Waals surface area contributed by atoms with E-state index in [2.05, 4.69) is 4.98 Å². The monoisotopic (exact) mass is 261 g/mol. The highest BCUT2D eigenvalue weighted by atomic mass is 19.1. The molecule has 0 spiro atoms. The quantitative estimate of drug-likeness (QED) is 0.920. The van der Waals surface area contributed by atoms with Crippen LogP contribution in [0.3, 0.4) is 0 Å². The molecule has 0 aliphatic carbocycles. The summed E-state index contributed by atoms with van der Waals surface area (Å²) < 4.78 is 18.3. The molecule has 4 heteroatoms. The van der Waals surface area contributed by atoms with Crippen LogP contribution in [0.15, 0.2) is 42.6 Å². The van der Waals surface area contributed by atoms with E-state index in [-0.39, 0.29) is 0 Å². The Balaban J connectivity index is 2.37. The third-order valence-electron chi connectivity index (χ3n) is 2.93. The number of nitrogens with zero attached hydrogens (tertiary/aromatic N) is 1. The maximum Gasteiger partial charge on any atom is 0.141 e. The Labute approximate surface area is 111 Å². The molecule has 0 aliphatic heterocycles. The second kappa shape index (κ2) is 5.36. The van der Waals surface area contributed by atoms with E-state index in [0.29, 0.717) is 23.6 Å². The SMILES string of the molecule is CCOc1cccc(C(C)(O)c2ccc(F)cn2)c1. The molecule has 1 unspecified atom stereocenters. The van der Waals surface area contributed by atoms with Gasteiger partial charge in [-0.1, -0.05) is 12.1 Å². The zero-order chi connectivity index (χ0) is 13.9. The standard InChI is InChI=1S/C15H16FNO2/c1-3-19-13-6-4-5-11(9-13)15(2,18)14-8-7-12(16)10-17-14/h4-10,18H,3H2,1-2H3. The molecule has 3 nitrogen and oxygen atoms in total. The molecular weight excluding hydrogens is 245 g/mol. The molecule has 0 bridgehead atoms. The normalized spacial score (nSPS) is 13.9. The fourth-order valence-electron chi connectivity index (χ4n) is 1.87. The number of hydrogen-bond acceptors (Lipinski definition) is 3. The first-order valence-corrected chi connectivity index (χ1v) is 6.12. The van der Waals surface area contributed by atoms with Crippen LogP contribution in [0.4, 0.5) is 4.39 Å². The molecule has 0 aliphatic rings. The summed E-state index contributed by atoms with van der Waals surface area (Å²) in [5.41, 5.74) is -0.249. The molecule has 0 saturated carbocycles. The van der Waals surface area contributed by atoms with Crippen LogP contribution in [0.5, 0.6) is 5.75 Å². The minimum absolute atomic E-state index is 0.391. The van der Waals surface area contributed by atoms with Gasteiger partial charge in [0.25, 0.3) is 0 Å². The van der Waals surface area contributed by atoms with E-state index < -0.39 is 11.4 Å². The predicted octanol–water partition coefficient (Wildman–Crippen LogP) is 2.88. The molecule has 1 aromatic carbocycles. The van der Waals surface area contributed by atoms with Gasteiger partial charge in [-0.05, 0) is 43.7 Å². The average molecular weight is 261 g/mol. The van der Waals surface area contributed by atoms with E-state index in [1.807, 2.05) is 13.0 Å². The molecule has 0 radical (unpaired) electrons. The second-order valence-corrected chi connectivity index (χ2v) is 4.39. The lowest BCUT2D eigenvalue weighted by molar-refractivity contribution is 0.0969. The van der Waals surface area contributed by atoms with Crippen molar-refractivity contribution in [2.24, 2.45) is 0 Å². The highest BCUT2D eigenvalue weighted by Gasteiger charge is 2.27. The highest BCUT2D eigenvalue weighted by Crippen LogP contribution is 2.29. The summed E-state index contributed by atoms with van der Waals surface area (Å²) >= 11 is 0. The summed E-state index contributed by atoms with van der Waals surface area (Å²) in [5.74, 6) is 0.255. The van der Waals surface area contributed by atoms with Crippen LogP contribution in [-0.4, -0.2) is 16.7 Å². The fourth-order valence-corrected chi connectivity index (χ4v) is 1.87. The number of ether oxygens (including phenoxy) is 1. The van der Waals surface area contributed by atoms with Crippen LogP contribution >= 0.6 is 0 Å². The number of rotatable bonds is 4. The highest BCUT2D eigenvalue weighted by molar-refractivity contribution is 5.36. The van der Waals surface area contributed by atoms with Crippen molar-refractivity contribution in [1.29, 1.82) is 0 Å². The van der Waals surface area contributed by atoms with Gasteiger partial charge in [-0.3, -0.25) is 4.98 Å². The summed E-state index contributed by atoms with van der Waals surface area (Å²) in [7, 11) is 0. The first-order valence-electron chi connectivity index (χ1n) is 6.12. The summed E-state index contributed by atoms with van der Waals surface area (Å²) in [6.45, 7) is 4.07. The van der Waals surface area contributed by atoms with E-state index in [1.165, 1.54) is 12.1 Å². The van der Waals surface area contributed by atoms with Gasteiger partial charge in [0.2, 0.25) is 0 Å². The maximum absolute atomic E-state index is 12.9. The Kier molecular flexibility index (Phi) is 3.81. The molecular formula is C15H16FNO2. The second-order valence-electron chi connectivity index (χ2n) is 4.39. The molecule has 19 heavy (non-hydrogen) atoms. The van der Waals surface area contributed by atoms with Crippen molar-refractivity contribution < 1.29 is 14.2 Å². The summed E-state index contributed by atoms with van der Waals surface area (Å²) in [5, 5.41) is 10.6. The van der Waals surface area contributed by atoms with Gasteiger partial charge >= 0.3 is 0 Å². The molecule has 1 N–H and O–H groups in total. The minimum atomic E-state index is -1.29. The Hall–Kier alpha value is -1.94. The number of halogens is 1. The van der Waals surface area contributed by atoms with Gasteiger partial charge in [-0.2, -0.15) is 0 Å². The topological polar surface area (TPSA) is 42.4 Å². The van der Waals surface area contributed by atoms with Gasteiger partial charge in [-0.25, -0.2) is 4.39 Å². The largest absolute Gasteiger partial charge is 0.494 e. The lowest BCUT2D eigenvalue weighted by atomic mass is 9.92. The van der Waals surface area contributed by atoms with E-state index in [4.69, 9.17) is 4.74 Å². The van der Waals surface area contributed by atoms with Crippen LogP contribution in [0, 0.1) is 5.82 Å². The van der Waals surface area contributed by atoms with Gasteiger partial charge in [0.1, 0.15) is 17.2 Å². The van der Waals surface area contributed by atoms with Crippen molar-refractivity contribution >= 4 is 0 Å². The van der Waals surface area contributed by atoms with Crippen LogP contribution in [-0.2, 0) is 5.60 Å². The molecule has 1 aromatic heterocycles. The number of hydrogen-bond donors (Lipinski definition) is 1. The Morgan fingerprint density at radius 1 is 1.32 bits per heavy atom. The first kappa shape index (κ1) is 13.5. The zero-order valence-corrected chi connectivity index (χ0v) is 10.9. The third kappa shape index (κ3) is 2.90. The van der Waals surface area contributed by atoms with Crippen molar-refractivity contribution in [2.75, 3.05) is 6.61 Å². The van der Waals surface area contributed by atoms with Crippen LogP contribution in [0.2, 0.25) is 0 Å². The van der Waals surface area contributed by atoms with E-state index in [1.54, 1.807) is 25.1 Å². The zero-order valence-electron chi connectivity index (χ0n) is 10.9. The molecule has 1 atom stereocenters. The van der Waals surface area contributed by atoms with E-state index in [0.717, 1.165) is 6.20 Å². The predicted molar refractivity (Wildman–Crippen MR) is 70.5 cm³/mol. The van der Waals surface area contributed by atoms with Crippen molar-refractivity contribution in [3.05, 3.63) is 59.7 Å². The lowest BCUT2D eigenvalue weighted by Crippen LogP contribution is -2.24. The van der Waals surface area contributed by atoms with Gasteiger partial charge in [-0.15, -0.1) is 0 Å². The Bertz CT molecular complexity index is 552. The van der Waals surface area contributed by atoms with Gasteiger partial charge in [0.05, 0.1) is 18.5 Å². The molecule has 0 fully saturated rings.